The predicted molar refractivity (Wildman–Crippen MR) is 96.9 cm³/mol. The third-order valence-electron chi connectivity index (χ3n) is 4.10. The molecular weight excluding hydrogens is 364 g/mol. The smallest absolute Gasteiger partial charge is 0.415 e. The molecule has 9 nitrogen and oxygen atoms in total. The van der Waals surface area contributed by atoms with Crippen LogP contribution in [0.5, 0.6) is 17.5 Å². The number of carbonyl (C=O) groups is 1. The van der Waals surface area contributed by atoms with Gasteiger partial charge in [0.15, 0.2) is 0 Å². The van der Waals surface area contributed by atoms with E-state index in [1.807, 2.05) is 0 Å². The van der Waals surface area contributed by atoms with Crippen LogP contribution in [0.2, 0.25) is 0 Å². The average Bonchev–Trinajstić information content (AvgIpc) is 2.70. The summed E-state index contributed by atoms with van der Waals surface area (Å²) >= 11 is 0. The second-order valence-electron chi connectivity index (χ2n) is 6.05. The van der Waals surface area contributed by atoms with Crippen molar-refractivity contribution in [1.29, 1.82) is 0 Å². The third-order valence-corrected chi connectivity index (χ3v) is 4.10. The highest BCUT2D eigenvalue weighted by Gasteiger charge is 2.26. The van der Waals surface area contributed by atoms with Gasteiger partial charge in [-0.1, -0.05) is 12.1 Å². The minimum Gasteiger partial charge on any atom is -0.424 e. The molecule has 0 saturated carbocycles. The van der Waals surface area contributed by atoms with E-state index >= 15 is 0 Å². The van der Waals surface area contributed by atoms with E-state index in [1.54, 1.807) is 48.8 Å². The summed E-state index contributed by atoms with van der Waals surface area (Å²) in [5, 5.41) is 10.9. The molecule has 0 bridgehead atoms. The third kappa shape index (κ3) is 3.73. The second kappa shape index (κ2) is 7.31. The molecule has 1 amide bonds. The number of non-ortho nitro benzene ring substituents is 1. The van der Waals surface area contributed by atoms with Crippen molar-refractivity contribution in [2.45, 2.75) is 13.1 Å². The number of benzene rings is 2. The SMILES string of the molecule is O=C1Oc2cc(Oc3ncccn3)ccc2CN1Cc1cccc([N+](=O)[O-])c1. The summed E-state index contributed by atoms with van der Waals surface area (Å²) in [4.78, 5) is 32.2. The molecule has 0 aliphatic carbocycles. The van der Waals surface area contributed by atoms with Gasteiger partial charge in [-0.2, -0.15) is 0 Å². The highest BCUT2D eigenvalue weighted by Crippen LogP contribution is 2.32. The molecule has 1 aromatic heterocycles. The molecule has 28 heavy (non-hydrogen) atoms. The Morgan fingerprint density at radius 3 is 2.75 bits per heavy atom. The van der Waals surface area contributed by atoms with Crippen molar-refractivity contribution in [3.8, 4) is 17.5 Å². The summed E-state index contributed by atoms with van der Waals surface area (Å²) in [5.74, 6) is 0.846. The summed E-state index contributed by atoms with van der Waals surface area (Å²) in [6.07, 6.45) is 2.59. The number of aromatic nitrogens is 2. The molecule has 9 heteroatoms. The first-order chi connectivity index (χ1) is 13.6. The lowest BCUT2D eigenvalue weighted by Gasteiger charge is -2.28. The van der Waals surface area contributed by atoms with Crippen LogP contribution >= 0.6 is 0 Å². The molecule has 3 aromatic rings. The first-order valence-corrected chi connectivity index (χ1v) is 8.36. The van der Waals surface area contributed by atoms with Gasteiger partial charge in [-0.3, -0.25) is 15.0 Å². The topological polar surface area (TPSA) is 108 Å². The predicted octanol–water partition coefficient (Wildman–Crippen LogP) is 3.69. The Kier molecular flexibility index (Phi) is 4.55. The molecule has 0 atom stereocenters. The van der Waals surface area contributed by atoms with Gasteiger partial charge in [-0.05, 0) is 23.8 Å². The van der Waals surface area contributed by atoms with E-state index in [1.165, 1.54) is 17.0 Å². The molecule has 140 valence electrons. The van der Waals surface area contributed by atoms with Gasteiger partial charge in [0.2, 0.25) is 0 Å². The fourth-order valence-electron chi connectivity index (χ4n) is 2.81. The van der Waals surface area contributed by atoms with Crippen LogP contribution in [-0.2, 0) is 13.1 Å². The highest BCUT2D eigenvalue weighted by atomic mass is 16.6. The van der Waals surface area contributed by atoms with E-state index in [4.69, 9.17) is 9.47 Å². The van der Waals surface area contributed by atoms with Crippen molar-refractivity contribution >= 4 is 11.8 Å². The molecule has 2 heterocycles. The lowest BCUT2D eigenvalue weighted by molar-refractivity contribution is -0.384. The van der Waals surface area contributed by atoms with Gasteiger partial charge in [0.05, 0.1) is 11.5 Å². The number of nitro benzene ring substituents is 1. The van der Waals surface area contributed by atoms with Crippen molar-refractivity contribution in [2.75, 3.05) is 0 Å². The maximum atomic E-state index is 12.4. The largest absolute Gasteiger partial charge is 0.424 e. The van der Waals surface area contributed by atoms with E-state index in [9.17, 15) is 14.9 Å². The van der Waals surface area contributed by atoms with E-state index in [-0.39, 0.29) is 18.2 Å². The van der Waals surface area contributed by atoms with Gasteiger partial charge in [-0.25, -0.2) is 14.8 Å². The van der Waals surface area contributed by atoms with Crippen molar-refractivity contribution in [3.05, 3.63) is 82.2 Å². The molecule has 2 aromatic carbocycles. The lowest BCUT2D eigenvalue weighted by Crippen LogP contribution is -2.36. The fourth-order valence-corrected chi connectivity index (χ4v) is 2.81. The van der Waals surface area contributed by atoms with E-state index in [0.717, 1.165) is 5.56 Å². The summed E-state index contributed by atoms with van der Waals surface area (Å²) in [6, 6.07) is 13.2. The molecule has 1 aliphatic rings. The minimum absolute atomic E-state index is 0.0202. The lowest BCUT2D eigenvalue weighted by atomic mass is 10.1. The number of amides is 1. The zero-order valence-electron chi connectivity index (χ0n) is 14.5. The van der Waals surface area contributed by atoms with Crippen molar-refractivity contribution in [1.82, 2.24) is 14.9 Å². The highest BCUT2D eigenvalue weighted by molar-refractivity contribution is 5.73. The van der Waals surface area contributed by atoms with Gasteiger partial charge in [0.25, 0.3) is 5.69 Å². The van der Waals surface area contributed by atoms with Crippen LogP contribution < -0.4 is 9.47 Å². The summed E-state index contributed by atoms with van der Waals surface area (Å²) in [5.41, 5.74) is 1.43. The van der Waals surface area contributed by atoms with Gasteiger partial charge in [0, 0.05) is 42.7 Å². The summed E-state index contributed by atoms with van der Waals surface area (Å²) in [7, 11) is 0. The Morgan fingerprint density at radius 1 is 1.14 bits per heavy atom. The normalized spacial score (nSPS) is 12.9. The Labute approximate surface area is 159 Å². The number of nitro groups is 1. The zero-order chi connectivity index (χ0) is 19.5. The number of hydrogen-bond acceptors (Lipinski definition) is 7. The number of nitrogens with zero attached hydrogens (tertiary/aromatic N) is 4. The second-order valence-corrected chi connectivity index (χ2v) is 6.05. The van der Waals surface area contributed by atoms with Crippen molar-refractivity contribution in [3.63, 3.8) is 0 Å². The monoisotopic (exact) mass is 378 g/mol. The Morgan fingerprint density at radius 2 is 1.96 bits per heavy atom. The standard InChI is InChI=1S/C19H14N4O5/c24-19-22(11-13-3-1-4-15(9-13)23(25)26)12-14-5-6-16(10-17(14)28-19)27-18-20-7-2-8-21-18/h1-10H,11-12H2. The first-order valence-electron chi connectivity index (χ1n) is 8.36. The van der Waals surface area contributed by atoms with Crippen molar-refractivity contribution < 1.29 is 19.2 Å². The zero-order valence-corrected chi connectivity index (χ0v) is 14.5. The van der Waals surface area contributed by atoms with Gasteiger partial charge in [0.1, 0.15) is 11.5 Å². The number of ether oxygens (including phenoxy) is 2. The van der Waals surface area contributed by atoms with Crippen LogP contribution in [0.4, 0.5) is 10.5 Å². The van der Waals surface area contributed by atoms with Gasteiger partial charge in [-0.15, -0.1) is 0 Å². The number of fused-ring (bicyclic) bond motifs is 1. The van der Waals surface area contributed by atoms with Crippen LogP contribution in [0, 0.1) is 10.1 Å². The molecule has 0 fully saturated rings. The Bertz CT molecular complexity index is 1040. The fraction of sp³-hybridized carbons (Fsp3) is 0.105. The van der Waals surface area contributed by atoms with Crippen LogP contribution in [-0.4, -0.2) is 25.9 Å². The van der Waals surface area contributed by atoms with E-state index < -0.39 is 11.0 Å². The molecule has 0 unspecified atom stereocenters. The molecule has 0 N–H and O–H groups in total. The molecule has 1 aliphatic heterocycles. The molecule has 4 rings (SSSR count). The molecule has 0 saturated heterocycles. The Hall–Kier alpha value is -4.01. The van der Waals surface area contributed by atoms with E-state index in [0.29, 0.717) is 23.6 Å². The maximum Gasteiger partial charge on any atom is 0.415 e. The number of carbonyl (C=O) groups excluding carboxylic acids is 1. The number of hydrogen-bond donors (Lipinski definition) is 0. The Balaban J connectivity index is 1.50. The van der Waals surface area contributed by atoms with Crippen LogP contribution in [0.15, 0.2) is 60.9 Å². The van der Waals surface area contributed by atoms with Crippen molar-refractivity contribution in [2.24, 2.45) is 0 Å². The number of rotatable bonds is 5. The molecule has 0 spiro atoms. The van der Waals surface area contributed by atoms with E-state index in [2.05, 4.69) is 9.97 Å². The summed E-state index contributed by atoms with van der Waals surface area (Å²) in [6.45, 7) is 0.523. The maximum absolute atomic E-state index is 12.4. The average molecular weight is 378 g/mol. The minimum atomic E-state index is -0.535. The van der Waals surface area contributed by atoms with Crippen LogP contribution in [0.25, 0.3) is 0 Å². The quantitative estimate of drug-likeness (QED) is 0.492. The summed E-state index contributed by atoms with van der Waals surface area (Å²) < 4.78 is 11.0. The molecular formula is C19H14N4O5. The van der Waals surface area contributed by atoms with Crippen LogP contribution in [0.3, 0.4) is 0 Å². The van der Waals surface area contributed by atoms with Gasteiger partial charge < -0.3 is 9.47 Å². The molecule has 0 radical (unpaired) electrons. The first kappa shape index (κ1) is 17.4. The van der Waals surface area contributed by atoms with Crippen LogP contribution in [0.1, 0.15) is 11.1 Å². The van der Waals surface area contributed by atoms with Gasteiger partial charge >= 0.3 is 12.1 Å².